The number of epoxide rings is 1. The summed E-state index contributed by atoms with van der Waals surface area (Å²) >= 11 is 0. The Morgan fingerprint density at radius 3 is 2.49 bits per heavy atom. The van der Waals surface area contributed by atoms with Crippen LogP contribution in [0.15, 0.2) is 36.0 Å². The first kappa shape index (κ1) is 27.5. The molecule has 0 unspecified atom stereocenters. The van der Waals surface area contributed by atoms with E-state index in [4.69, 9.17) is 14.2 Å². The van der Waals surface area contributed by atoms with Crippen LogP contribution in [-0.2, 0) is 19.0 Å². The van der Waals surface area contributed by atoms with Gasteiger partial charge in [-0.1, -0.05) is 23.8 Å². The lowest BCUT2D eigenvalue weighted by molar-refractivity contribution is -0.117. The van der Waals surface area contributed by atoms with Crippen molar-refractivity contribution in [2.24, 2.45) is 5.92 Å². The second kappa shape index (κ2) is 11.7. The van der Waals surface area contributed by atoms with Crippen LogP contribution >= 0.6 is 0 Å². The van der Waals surface area contributed by atoms with Gasteiger partial charge in [0, 0.05) is 39.1 Å². The van der Waals surface area contributed by atoms with Crippen LogP contribution in [-0.4, -0.2) is 67.1 Å². The second-order valence-corrected chi connectivity index (χ2v) is 11.4. The van der Waals surface area contributed by atoms with Gasteiger partial charge in [0.05, 0.1) is 23.9 Å². The summed E-state index contributed by atoms with van der Waals surface area (Å²) in [5.74, 6) is 0.522. The number of rotatable bonds is 8. The highest BCUT2D eigenvalue weighted by molar-refractivity contribution is 5.87. The standard InChI is InChI=1S/C28H44N2O5/c1-20(8-15-24-17-28(19-33-28)18-27(3,4)35-24)7-10-22-11-13-23(14-12-22)29-25(31)16-9-21(2)34-26(32)30(5)6/h7-9,15-16,21-24H,10-14,17-19H2,1-6H3,(H,29,31)/b15-8+,16-9-,20-7+/t21-,22-,23+,24+,28+/m0/s1. The van der Waals surface area contributed by atoms with Crippen molar-refractivity contribution in [1.29, 1.82) is 0 Å². The van der Waals surface area contributed by atoms with E-state index in [0.29, 0.717) is 5.92 Å². The molecule has 1 spiro atoms. The maximum atomic E-state index is 12.2. The molecule has 196 valence electrons. The summed E-state index contributed by atoms with van der Waals surface area (Å²) in [5.41, 5.74) is 1.19. The molecule has 1 N–H and O–H groups in total. The summed E-state index contributed by atoms with van der Waals surface area (Å²) in [6, 6.07) is 0.205. The van der Waals surface area contributed by atoms with Gasteiger partial charge in [0.25, 0.3) is 0 Å². The number of nitrogens with zero attached hydrogens (tertiary/aromatic N) is 1. The fourth-order valence-electron chi connectivity index (χ4n) is 5.14. The van der Waals surface area contributed by atoms with Crippen molar-refractivity contribution < 1.29 is 23.8 Å². The van der Waals surface area contributed by atoms with Crippen molar-refractivity contribution >= 4 is 12.0 Å². The normalized spacial score (nSPS) is 31.5. The number of ether oxygens (including phenoxy) is 3. The quantitative estimate of drug-likeness (QED) is 0.298. The van der Waals surface area contributed by atoms with Gasteiger partial charge < -0.3 is 24.4 Å². The van der Waals surface area contributed by atoms with Gasteiger partial charge in [0.1, 0.15) is 6.10 Å². The van der Waals surface area contributed by atoms with Crippen molar-refractivity contribution in [3.63, 3.8) is 0 Å². The van der Waals surface area contributed by atoms with E-state index in [1.54, 1.807) is 27.1 Å². The van der Waals surface area contributed by atoms with Crippen LogP contribution in [0.4, 0.5) is 4.79 Å². The fraction of sp³-hybridized carbons (Fsp3) is 0.714. The van der Waals surface area contributed by atoms with Crippen LogP contribution in [0.25, 0.3) is 0 Å². The molecule has 0 aromatic heterocycles. The van der Waals surface area contributed by atoms with E-state index in [2.05, 4.69) is 44.3 Å². The molecular weight excluding hydrogens is 444 g/mol. The third-order valence-electron chi connectivity index (χ3n) is 7.05. The van der Waals surface area contributed by atoms with Gasteiger partial charge in [0.2, 0.25) is 5.91 Å². The largest absolute Gasteiger partial charge is 0.442 e. The summed E-state index contributed by atoms with van der Waals surface area (Å²) in [5, 5.41) is 3.08. The predicted octanol–water partition coefficient (Wildman–Crippen LogP) is 4.92. The Kier molecular flexibility index (Phi) is 9.22. The van der Waals surface area contributed by atoms with Crippen LogP contribution in [0.2, 0.25) is 0 Å². The molecule has 35 heavy (non-hydrogen) atoms. The SMILES string of the molecule is CC(/C=C/[C@@H]1C[C@]2(CO2)CC(C)(C)O1)=C\C[C@H]1CC[C@@H](NC(=O)/C=C\[C@H](C)OC(=O)N(C)C)CC1. The zero-order valence-electron chi connectivity index (χ0n) is 22.3. The maximum absolute atomic E-state index is 12.2. The second-order valence-electron chi connectivity index (χ2n) is 11.4. The van der Waals surface area contributed by atoms with Crippen molar-refractivity contribution in [3.05, 3.63) is 36.0 Å². The lowest BCUT2D eigenvalue weighted by Crippen LogP contribution is -2.43. The summed E-state index contributed by atoms with van der Waals surface area (Å²) < 4.78 is 17.2. The number of carbonyl (C=O) groups is 2. The Labute approximate surface area is 210 Å². The maximum Gasteiger partial charge on any atom is 0.409 e. The van der Waals surface area contributed by atoms with Gasteiger partial charge in [-0.3, -0.25) is 4.79 Å². The van der Waals surface area contributed by atoms with Crippen LogP contribution in [0, 0.1) is 5.92 Å². The van der Waals surface area contributed by atoms with E-state index in [0.717, 1.165) is 51.6 Å². The molecule has 2 heterocycles. The summed E-state index contributed by atoms with van der Waals surface area (Å²) in [4.78, 5) is 25.1. The molecule has 3 aliphatic rings. The Hall–Kier alpha value is -2.12. The molecule has 2 amide bonds. The first-order valence-electron chi connectivity index (χ1n) is 13.0. The molecule has 3 fully saturated rings. The lowest BCUT2D eigenvalue weighted by Gasteiger charge is -2.38. The van der Waals surface area contributed by atoms with Gasteiger partial charge in [-0.25, -0.2) is 4.79 Å². The summed E-state index contributed by atoms with van der Waals surface area (Å²) in [6.07, 6.45) is 16.2. The molecule has 1 saturated carbocycles. The highest BCUT2D eigenvalue weighted by Crippen LogP contribution is 2.46. The summed E-state index contributed by atoms with van der Waals surface area (Å²) in [6.45, 7) is 9.06. The number of hydrogen-bond acceptors (Lipinski definition) is 5. The van der Waals surface area contributed by atoms with Crippen LogP contribution < -0.4 is 5.32 Å². The zero-order chi connectivity index (χ0) is 25.6. The number of amides is 2. The number of nitrogens with one attached hydrogen (secondary N) is 1. The molecule has 0 radical (unpaired) electrons. The van der Waals surface area contributed by atoms with E-state index in [-0.39, 0.29) is 29.3 Å². The summed E-state index contributed by atoms with van der Waals surface area (Å²) in [7, 11) is 3.25. The molecule has 0 aromatic rings. The molecule has 3 atom stereocenters. The van der Waals surface area contributed by atoms with Gasteiger partial charge in [0.15, 0.2) is 0 Å². The first-order valence-corrected chi connectivity index (χ1v) is 13.0. The molecule has 3 rings (SSSR count). The molecule has 2 saturated heterocycles. The van der Waals surface area contributed by atoms with Gasteiger partial charge in [-0.05, 0) is 71.8 Å². The minimum absolute atomic E-state index is 0.0510. The van der Waals surface area contributed by atoms with E-state index < -0.39 is 12.2 Å². The average Bonchev–Trinajstić information content (AvgIpc) is 3.51. The molecule has 7 nitrogen and oxygen atoms in total. The first-order chi connectivity index (χ1) is 16.5. The molecule has 2 aliphatic heterocycles. The van der Waals surface area contributed by atoms with Gasteiger partial charge >= 0.3 is 6.09 Å². The van der Waals surface area contributed by atoms with E-state index in [1.807, 2.05) is 0 Å². The number of carbonyl (C=O) groups excluding carboxylic acids is 2. The third kappa shape index (κ3) is 9.12. The third-order valence-corrected chi connectivity index (χ3v) is 7.05. The smallest absolute Gasteiger partial charge is 0.409 e. The van der Waals surface area contributed by atoms with Crippen LogP contribution in [0.5, 0.6) is 0 Å². The van der Waals surface area contributed by atoms with Crippen molar-refractivity contribution in [2.75, 3.05) is 20.7 Å². The molecule has 0 aromatic carbocycles. The van der Waals surface area contributed by atoms with E-state index in [1.165, 1.54) is 16.5 Å². The Balaban J connectivity index is 1.35. The molecule has 0 bridgehead atoms. The van der Waals surface area contributed by atoms with Crippen LogP contribution in [0.3, 0.4) is 0 Å². The van der Waals surface area contributed by atoms with E-state index in [9.17, 15) is 9.59 Å². The lowest BCUT2D eigenvalue weighted by atomic mass is 9.83. The Morgan fingerprint density at radius 1 is 1.17 bits per heavy atom. The minimum atomic E-state index is -0.449. The van der Waals surface area contributed by atoms with Crippen molar-refractivity contribution in [2.45, 2.75) is 102 Å². The zero-order valence-corrected chi connectivity index (χ0v) is 22.3. The highest BCUT2D eigenvalue weighted by Gasteiger charge is 2.53. The van der Waals surface area contributed by atoms with E-state index >= 15 is 0 Å². The molecular formula is C28H44N2O5. The minimum Gasteiger partial charge on any atom is -0.442 e. The molecule has 1 aliphatic carbocycles. The van der Waals surface area contributed by atoms with Gasteiger partial charge in [-0.15, -0.1) is 0 Å². The van der Waals surface area contributed by atoms with Crippen molar-refractivity contribution in [3.8, 4) is 0 Å². The monoisotopic (exact) mass is 488 g/mol. The Morgan fingerprint density at radius 2 is 1.86 bits per heavy atom. The fourth-order valence-corrected chi connectivity index (χ4v) is 5.14. The average molecular weight is 489 g/mol. The number of hydrogen-bond donors (Lipinski definition) is 1. The Bertz CT molecular complexity index is 826. The number of allylic oxidation sites excluding steroid dienone is 3. The van der Waals surface area contributed by atoms with Gasteiger partial charge in [-0.2, -0.15) is 0 Å². The highest BCUT2D eigenvalue weighted by atomic mass is 16.6. The van der Waals surface area contributed by atoms with Crippen LogP contribution in [0.1, 0.15) is 72.6 Å². The predicted molar refractivity (Wildman–Crippen MR) is 137 cm³/mol. The molecule has 7 heteroatoms. The van der Waals surface area contributed by atoms with Crippen molar-refractivity contribution in [1.82, 2.24) is 10.2 Å². The topological polar surface area (TPSA) is 80.4 Å².